The molecule has 0 bridgehead atoms. The van der Waals surface area contributed by atoms with E-state index >= 15 is 0 Å². The van der Waals surface area contributed by atoms with E-state index in [2.05, 4.69) is 35.0 Å². The number of nitrogens with zero attached hydrogens (tertiary/aromatic N) is 8. The molecule has 4 aromatic rings. The SMILES string of the molecule is Nc1ncnc2c1ncn2[C@@H]1O[C@@H]2COP(O)(=S)N[C@H]3[C@@H](O)[C@H](n4cnc5c(N)ncnc54)O[C@@H]3COP(O)(=S)C[C@H]2[C@H]1O. The van der Waals surface area contributed by atoms with Crippen LogP contribution < -0.4 is 16.6 Å². The Morgan fingerprint density at radius 2 is 1.34 bits per heavy atom. The first kappa shape index (κ1) is 30.3. The number of nitrogens with two attached hydrogens (primary N) is 2. The number of fused-ring (bicyclic) bond motifs is 4. The van der Waals surface area contributed by atoms with Crippen molar-refractivity contribution in [2.24, 2.45) is 5.92 Å². The van der Waals surface area contributed by atoms with Crippen molar-refractivity contribution in [1.29, 1.82) is 0 Å². The van der Waals surface area contributed by atoms with Gasteiger partial charge in [-0.3, -0.25) is 9.13 Å². The highest BCUT2D eigenvalue weighted by Crippen LogP contribution is 2.52. The largest absolute Gasteiger partial charge is 0.388 e. The van der Waals surface area contributed by atoms with Gasteiger partial charge in [-0.1, -0.05) is 0 Å². The fraction of sp³-hybridized carbons (Fsp3) is 0.524. The number of hydrogen-bond acceptors (Lipinski definition) is 16. The van der Waals surface area contributed by atoms with Gasteiger partial charge in [0.15, 0.2) is 41.9 Å². The standard InChI is InChI=1S/C21H27N11O8P2S2/c22-16-12-18(26-4-24-16)31(6-28-12)20-14(33)8-3-41(35,43)37-2-10-11(30-42(36,44)38-1-9(8)39-20)15(34)21(40-10)32-7-29-13-17(23)25-5-27-19(13)32/h4-11,14-15,20-21,33-34H,1-3H2,(H,35,43)(H2,22,24,26)(H2,23,25,27)(H2,30,36,44)/t8-,9-,10-,11-,14-,15-,20-,21-,41?,42?/m1/s1. The lowest BCUT2D eigenvalue weighted by molar-refractivity contribution is -0.0470. The van der Waals surface area contributed by atoms with E-state index in [-0.39, 0.29) is 31.0 Å². The minimum absolute atomic E-state index is 0.144. The van der Waals surface area contributed by atoms with Crippen LogP contribution in [0, 0.1) is 5.92 Å². The van der Waals surface area contributed by atoms with Gasteiger partial charge in [0, 0.05) is 12.1 Å². The molecule has 10 atom stereocenters. The Balaban J connectivity index is 1.17. The summed E-state index contributed by atoms with van der Waals surface area (Å²) in [5.41, 5.74) is 13.1. The zero-order valence-electron chi connectivity index (χ0n) is 22.4. The molecule has 9 N–H and O–H groups in total. The third-order valence-corrected chi connectivity index (χ3v) is 11.8. The highest BCUT2D eigenvalue weighted by molar-refractivity contribution is 8.09. The number of rotatable bonds is 2. The highest BCUT2D eigenvalue weighted by Gasteiger charge is 2.51. The number of anilines is 2. The Morgan fingerprint density at radius 1 is 0.795 bits per heavy atom. The van der Waals surface area contributed by atoms with Crippen LogP contribution in [0.2, 0.25) is 0 Å². The second-order valence-corrected chi connectivity index (χ2v) is 17.2. The van der Waals surface area contributed by atoms with Crippen LogP contribution in [0.3, 0.4) is 0 Å². The fourth-order valence-corrected chi connectivity index (χ4v) is 9.54. The maximum Gasteiger partial charge on any atom is 0.259 e. The van der Waals surface area contributed by atoms with Crippen LogP contribution in [-0.4, -0.2) is 109 Å². The number of aromatic nitrogens is 8. The van der Waals surface area contributed by atoms with Crippen molar-refractivity contribution < 1.29 is 38.5 Å². The topological polar surface area (TPSA) is 269 Å². The summed E-state index contributed by atoms with van der Waals surface area (Å²) in [6, 6.07) is -1.03. The number of nitrogen functional groups attached to an aromatic ring is 2. The molecule has 236 valence electrons. The maximum atomic E-state index is 11.4. The van der Waals surface area contributed by atoms with Gasteiger partial charge in [0.2, 0.25) is 0 Å². The number of imidazole rings is 2. The fourth-order valence-electron chi connectivity index (χ4n) is 5.71. The molecule has 3 saturated heterocycles. The third-order valence-electron chi connectivity index (χ3n) is 7.83. The normalized spacial score (nSPS) is 38.3. The van der Waals surface area contributed by atoms with E-state index in [9.17, 15) is 20.0 Å². The van der Waals surface area contributed by atoms with Crippen molar-refractivity contribution in [1.82, 2.24) is 44.1 Å². The Morgan fingerprint density at radius 3 is 1.95 bits per heavy atom. The molecule has 4 aromatic heterocycles. The van der Waals surface area contributed by atoms with Gasteiger partial charge in [0.1, 0.15) is 42.0 Å². The molecule has 44 heavy (non-hydrogen) atoms. The van der Waals surface area contributed by atoms with E-state index in [1.807, 2.05) is 0 Å². The maximum absolute atomic E-state index is 11.4. The smallest absolute Gasteiger partial charge is 0.259 e. The van der Waals surface area contributed by atoms with E-state index in [0.29, 0.717) is 22.3 Å². The zero-order valence-corrected chi connectivity index (χ0v) is 25.8. The minimum atomic E-state index is -3.81. The van der Waals surface area contributed by atoms with E-state index < -0.39 is 62.0 Å². The molecule has 23 heteroatoms. The second-order valence-electron chi connectivity index (χ2n) is 10.5. The summed E-state index contributed by atoms with van der Waals surface area (Å²) in [7, 11) is 0. The van der Waals surface area contributed by atoms with Crippen LogP contribution in [0.1, 0.15) is 12.5 Å². The molecule has 2 unspecified atom stereocenters. The van der Waals surface area contributed by atoms with Crippen molar-refractivity contribution in [3.8, 4) is 0 Å². The van der Waals surface area contributed by atoms with Crippen LogP contribution in [0.4, 0.5) is 11.6 Å². The molecule has 19 nitrogen and oxygen atoms in total. The Hall–Kier alpha value is -2.36. The van der Waals surface area contributed by atoms with Crippen LogP contribution in [0.15, 0.2) is 25.3 Å². The van der Waals surface area contributed by atoms with Gasteiger partial charge in [-0.2, -0.15) is 0 Å². The van der Waals surface area contributed by atoms with Gasteiger partial charge < -0.3 is 50.0 Å². The molecular formula is C21H27N11O8P2S2. The van der Waals surface area contributed by atoms with Crippen molar-refractivity contribution >= 4 is 70.7 Å². The van der Waals surface area contributed by atoms with Crippen molar-refractivity contribution in [2.45, 2.75) is 42.9 Å². The van der Waals surface area contributed by atoms with Crippen molar-refractivity contribution in [2.75, 3.05) is 30.8 Å². The molecule has 0 amide bonds. The number of aliphatic hydroxyl groups is 2. The van der Waals surface area contributed by atoms with E-state index in [1.54, 1.807) is 0 Å². The molecule has 0 radical (unpaired) electrons. The average molecular weight is 688 g/mol. The monoisotopic (exact) mass is 687 g/mol. The molecule has 0 aromatic carbocycles. The Labute approximate surface area is 258 Å². The lowest BCUT2D eigenvalue weighted by Gasteiger charge is -2.31. The molecule has 3 fully saturated rings. The summed E-state index contributed by atoms with van der Waals surface area (Å²) in [5.74, 6) is -0.508. The average Bonchev–Trinajstić information content (AvgIpc) is 3.73. The number of hydrogen-bond donors (Lipinski definition) is 7. The number of ether oxygens (including phenoxy) is 2. The first-order valence-electron chi connectivity index (χ1n) is 13.2. The summed E-state index contributed by atoms with van der Waals surface area (Å²) in [6.07, 6.45) is -1.36. The molecule has 0 saturated carbocycles. The van der Waals surface area contributed by atoms with Gasteiger partial charge in [0.25, 0.3) is 6.64 Å². The van der Waals surface area contributed by atoms with Gasteiger partial charge >= 0.3 is 0 Å². The van der Waals surface area contributed by atoms with Gasteiger partial charge in [-0.05, 0) is 23.6 Å². The first-order valence-corrected chi connectivity index (χ1v) is 18.7. The summed E-state index contributed by atoms with van der Waals surface area (Å²) >= 11 is 10.9. The second kappa shape index (κ2) is 11.2. The number of nitrogens with one attached hydrogen (secondary N) is 1. The van der Waals surface area contributed by atoms with Gasteiger partial charge in [-0.25, -0.2) is 35.0 Å². The summed E-state index contributed by atoms with van der Waals surface area (Å²) < 4.78 is 26.9. The van der Waals surface area contributed by atoms with E-state index in [0.717, 1.165) is 0 Å². The molecular weight excluding hydrogens is 660 g/mol. The predicted molar refractivity (Wildman–Crippen MR) is 159 cm³/mol. The van der Waals surface area contributed by atoms with Crippen LogP contribution >= 0.6 is 13.1 Å². The first-order chi connectivity index (χ1) is 20.9. The van der Waals surface area contributed by atoms with Crippen molar-refractivity contribution in [3.63, 3.8) is 0 Å². The van der Waals surface area contributed by atoms with Crippen LogP contribution in [0.5, 0.6) is 0 Å². The summed E-state index contributed by atoms with van der Waals surface area (Å²) in [6.45, 7) is -7.99. The van der Waals surface area contributed by atoms with Crippen LogP contribution in [0.25, 0.3) is 22.3 Å². The summed E-state index contributed by atoms with van der Waals surface area (Å²) in [5, 5.41) is 25.6. The molecule has 3 aliphatic heterocycles. The van der Waals surface area contributed by atoms with E-state index in [4.69, 9.17) is 53.6 Å². The van der Waals surface area contributed by atoms with Crippen LogP contribution in [-0.2, 0) is 42.1 Å². The van der Waals surface area contributed by atoms with Crippen molar-refractivity contribution in [3.05, 3.63) is 25.3 Å². The molecule has 7 rings (SSSR count). The molecule has 7 heterocycles. The Kier molecular flexibility index (Phi) is 7.69. The van der Waals surface area contributed by atoms with Gasteiger partial charge in [0.05, 0.1) is 38.0 Å². The third kappa shape index (κ3) is 5.30. The van der Waals surface area contributed by atoms with Gasteiger partial charge in [-0.15, -0.1) is 0 Å². The minimum Gasteiger partial charge on any atom is -0.388 e. The Bertz CT molecular complexity index is 1700. The van der Waals surface area contributed by atoms with E-state index in [1.165, 1.54) is 34.4 Å². The lowest BCUT2D eigenvalue weighted by atomic mass is 10.0. The number of aliphatic hydroxyl groups excluding tert-OH is 2. The predicted octanol–water partition coefficient (Wildman–Crippen LogP) is -1.51. The zero-order chi connectivity index (χ0) is 31.0. The highest BCUT2D eigenvalue weighted by atomic mass is 32.5. The molecule has 0 spiro atoms. The molecule has 0 aliphatic carbocycles. The molecule has 3 aliphatic rings. The lowest BCUT2D eigenvalue weighted by Crippen LogP contribution is -2.45. The quantitative estimate of drug-likeness (QED) is 0.118. The summed E-state index contributed by atoms with van der Waals surface area (Å²) in [4.78, 5) is 47.1.